The molecule has 0 aliphatic carbocycles. The highest BCUT2D eigenvalue weighted by Crippen LogP contribution is 2.34. The summed E-state index contributed by atoms with van der Waals surface area (Å²) in [6.07, 6.45) is 3.88. The van der Waals surface area contributed by atoms with Gasteiger partial charge in [0.1, 0.15) is 0 Å². The number of hydrogen-bond acceptors (Lipinski definition) is 7. The van der Waals surface area contributed by atoms with Crippen LogP contribution in [0.25, 0.3) is 0 Å². The van der Waals surface area contributed by atoms with Gasteiger partial charge in [0.25, 0.3) is 0 Å². The van der Waals surface area contributed by atoms with Gasteiger partial charge in [0.05, 0.1) is 0 Å². The van der Waals surface area contributed by atoms with Crippen molar-refractivity contribution in [2.24, 2.45) is 0 Å². The third kappa shape index (κ3) is 2.47. The molecule has 0 spiro atoms. The van der Waals surface area contributed by atoms with Crippen LogP contribution in [0.3, 0.4) is 0 Å². The molecule has 0 radical (unpaired) electrons. The third-order valence-electron chi connectivity index (χ3n) is 1.34. The van der Waals surface area contributed by atoms with Gasteiger partial charge in [-0.2, -0.15) is 0 Å². The van der Waals surface area contributed by atoms with Crippen LogP contribution in [0.5, 0.6) is 0 Å². The molecule has 0 bridgehead atoms. The van der Waals surface area contributed by atoms with Gasteiger partial charge < -0.3 is 0 Å². The molecular weight excluding hydrogens is 254 g/mol. The highest BCUT2D eigenvalue weighted by Gasteiger charge is 2.07. The monoisotopic (exact) mass is 261 g/mol. The van der Waals surface area contributed by atoms with E-state index in [0.29, 0.717) is 0 Å². The Balaban J connectivity index is 2.10. The molecule has 0 aromatic carbocycles. The Kier molecular flexibility index (Phi) is 3.42. The van der Waals surface area contributed by atoms with Gasteiger partial charge in [-0.1, -0.05) is 23.1 Å². The van der Waals surface area contributed by atoms with E-state index in [1.54, 1.807) is 46.2 Å². The summed E-state index contributed by atoms with van der Waals surface area (Å²) in [4.78, 5) is 5.48. The molecule has 0 aliphatic heterocycles. The lowest BCUT2D eigenvalue weighted by Crippen LogP contribution is -1.70. The maximum Gasteiger partial charge on any atom is 0.182 e. The molecule has 2 aromatic rings. The average molecular weight is 261 g/mol. The van der Waals surface area contributed by atoms with E-state index >= 15 is 0 Å². The van der Waals surface area contributed by atoms with E-state index in [1.165, 1.54) is 4.88 Å². The summed E-state index contributed by atoms with van der Waals surface area (Å²) in [5.41, 5.74) is 0. The number of thioether (sulfide) groups is 1. The Morgan fingerprint density at radius 3 is 2.50 bits per heavy atom. The van der Waals surface area contributed by atoms with E-state index in [1.807, 2.05) is 12.5 Å². The molecule has 0 fully saturated rings. The summed E-state index contributed by atoms with van der Waals surface area (Å²) in [6, 6.07) is 0. The molecule has 0 unspecified atom stereocenters. The summed E-state index contributed by atoms with van der Waals surface area (Å²) in [5.74, 6) is 0. The van der Waals surface area contributed by atoms with Crippen molar-refractivity contribution >= 4 is 46.2 Å². The summed E-state index contributed by atoms with van der Waals surface area (Å²) in [6.45, 7) is 2.05. The quantitative estimate of drug-likeness (QED) is 0.793. The van der Waals surface area contributed by atoms with Crippen molar-refractivity contribution in [1.29, 1.82) is 0 Å². The second kappa shape index (κ2) is 4.61. The Hall–Kier alpha value is -0.110. The van der Waals surface area contributed by atoms with Gasteiger partial charge in [-0.15, -0.1) is 21.5 Å². The molecular formula is C7H7N3S4. The lowest BCUT2D eigenvalue weighted by molar-refractivity contribution is 0.955. The number of nitrogens with zero attached hydrogens (tertiary/aromatic N) is 3. The van der Waals surface area contributed by atoms with Crippen LogP contribution < -0.4 is 0 Å². The summed E-state index contributed by atoms with van der Waals surface area (Å²) in [5, 5.41) is 8.09. The van der Waals surface area contributed by atoms with E-state index in [0.717, 1.165) is 13.0 Å². The molecule has 2 rings (SSSR count). The van der Waals surface area contributed by atoms with Crippen LogP contribution in [0.4, 0.5) is 0 Å². The van der Waals surface area contributed by atoms with Crippen LogP contribution in [0.2, 0.25) is 0 Å². The predicted molar refractivity (Wildman–Crippen MR) is 62.7 cm³/mol. The third-order valence-corrected chi connectivity index (χ3v) is 5.27. The normalized spacial score (nSPS) is 10.7. The zero-order chi connectivity index (χ0) is 9.97. The van der Waals surface area contributed by atoms with Gasteiger partial charge in [-0.05, 0) is 24.9 Å². The molecule has 2 heterocycles. The van der Waals surface area contributed by atoms with Crippen molar-refractivity contribution in [2.75, 3.05) is 6.26 Å². The fraction of sp³-hybridized carbons (Fsp3) is 0.286. The van der Waals surface area contributed by atoms with Crippen molar-refractivity contribution < 1.29 is 0 Å². The number of thiazole rings is 1. The summed E-state index contributed by atoms with van der Waals surface area (Å²) >= 11 is 6.49. The molecule has 0 saturated heterocycles. The number of aryl methyl sites for hydroxylation is 1. The highest BCUT2D eigenvalue weighted by molar-refractivity contribution is 8.04. The van der Waals surface area contributed by atoms with Gasteiger partial charge in [0.2, 0.25) is 0 Å². The Morgan fingerprint density at radius 2 is 1.93 bits per heavy atom. The van der Waals surface area contributed by atoms with Gasteiger partial charge in [0, 0.05) is 11.1 Å². The lowest BCUT2D eigenvalue weighted by atomic mass is 10.7. The van der Waals surface area contributed by atoms with E-state index in [2.05, 4.69) is 22.1 Å². The molecule has 2 aromatic heterocycles. The SMILES string of the molecule is CSc1nnc(Sc2ncc(C)s2)s1. The number of hydrogen-bond donors (Lipinski definition) is 0. The van der Waals surface area contributed by atoms with Crippen LogP contribution >= 0.6 is 46.2 Å². The first kappa shape index (κ1) is 10.4. The summed E-state index contributed by atoms with van der Waals surface area (Å²) in [7, 11) is 0. The Bertz CT molecular complexity index is 422. The molecule has 0 N–H and O–H groups in total. The summed E-state index contributed by atoms with van der Waals surface area (Å²) < 4.78 is 3.00. The molecule has 0 amide bonds. The van der Waals surface area contributed by atoms with Crippen LogP contribution in [-0.4, -0.2) is 21.4 Å². The van der Waals surface area contributed by atoms with Gasteiger partial charge in [-0.25, -0.2) is 4.98 Å². The van der Waals surface area contributed by atoms with Gasteiger partial charge in [0.15, 0.2) is 13.0 Å². The van der Waals surface area contributed by atoms with Crippen molar-refractivity contribution in [3.8, 4) is 0 Å². The molecule has 3 nitrogen and oxygen atoms in total. The van der Waals surface area contributed by atoms with Crippen LogP contribution in [-0.2, 0) is 0 Å². The van der Waals surface area contributed by atoms with E-state index in [9.17, 15) is 0 Å². The minimum absolute atomic E-state index is 0.962. The van der Waals surface area contributed by atoms with Crippen LogP contribution in [0, 0.1) is 6.92 Å². The van der Waals surface area contributed by atoms with E-state index < -0.39 is 0 Å². The minimum atomic E-state index is 0.962. The fourth-order valence-electron chi connectivity index (χ4n) is 0.777. The standard InChI is InChI=1S/C7H7N3S4/c1-4-3-8-5(12-4)13-7-10-9-6(11-2)14-7/h3H,1-2H3. The second-order valence-corrected chi connectivity index (χ2v) is 7.14. The zero-order valence-electron chi connectivity index (χ0n) is 7.55. The number of rotatable bonds is 3. The van der Waals surface area contributed by atoms with Crippen LogP contribution in [0.15, 0.2) is 19.2 Å². The van der Waals surface area contributed by atoms with Gasteiger partial charge >= 0.3 is 0 Å². The molecule has 14 heavy (non-hydrogen) atoms. The van der Waals surface area contributed by atoms with Crippen molar-refractivity contribution in [1.82, 2.24) is 15.2 Å². The first-order valence-corrected chi connectivity index (χ1v) is 7.43. The maximum absolute atomic E-state index is 4.26. The molecule has 74 valence electrons. The van der Waals surface area contributed by atoms with Crippen molar-refractivity contribution in [3.05, 3.63) is 11.1 Å². The van der Waals surface area contributed by atoms with Crippen molar-refractivity contribution in [2.45, 2.75) is 19.9 Å². The zero-order valence-corrected chi connectivity index (χ0v) is 10.8. The molecule has 7 heteroatoms. The predicted octanol–water partition coefficient (Wildman–Crippen LogP) is 3.18. The lowest BCUT2D eigenvalue weighted by Gasteiger charge is -1.86. The van der Waals surface area contributed by atoms with Crippen LogP contribution in [0.1, 0.15) is 4.88 Å². The van der Waals surface area contributed by atoms with Crippen molar-refractivity contribution in [3.63, 3.8) is 0 Å². The van der Waals surface area contributed by atoms with E-state index in [-0.39, 0.29) is 0 Å². The maximum atomic E-state index is 4.26. The first-order valence-electron chi connectivity index (χ1n) is 3.75. The Morgan fingerprint density at radius 1 is 1.14 bits per heavy atom. The second-order valence-electron chi connectivity index (χ2n) is 2.38. The molecule has 0 atom stereocenters. The Labute approximate surface area is 98.4 Å². The largest absolute Gasteiger partial charge is 0.237 e. The topological polar surface area (TPSA) is 38.7 Å². The minimum Gasteiger partial charge on any atom is -0.237 e. The molecule has 0 aliphatic rings. The smallest absolute Gasteiger partial charge is 0.182 e. The number of aromatic nitrogens is 3. The van der Waals surface area contributed by atoms with E-state index in [4.69, 9.17) is 0 Å². The first-order chi connectivity index (χ1) is 6.78. The highest BCUT2D eigenvalue weighted by atomic mass is 32.2. The average Bonchev–Trinajstić information content (AvgIpc) is 2.76. The molecule has 0 saturated carbocycles. The van der Waals surface area contributed by atoms with Gasteiger partial charge in [-0.3, -0.25) is 0 Å². The fourth-order valence-corrected chi connectivity index (χ4v) is 4.36.